The van der Waals surface area contributed by atoms with E-state index >= 15 is 0 Å². The summed E-state index contributed by atoms with van der Waals surface area (Å²) in [4.78, 5) is 24.5. The van der Waals surface area contributed by atoms with Crippen molar-refractivity contribution in [3.8, 4) is 11.5 Å². The van der Waals surface area contributed by atoms with E-state index in [1.807, 2.05) is 43.3 Å². The first kappa shape index (κ1) is 22.8. The van der Waals surface area contributed by atoms with Crippen molar-refractivity contribution in [2.75, 3.05) is 0 Å². The summed E-state index contributed by atoms with van der Waals surface area (Å²) >= 11 is 0. The molecule has 5 aliphatic carbocycles. The molecule has 1 heterocycles. The van der Waals surface area contributed by atoms with Gasteiger partial charge in [-0.1, -0.05) is 29.8 Å². The van der Waals surface area contributed by atoms with Crippen LogP contribution in [-0.2, 0) is 14.5 Å². The summed E-state index contributed by atoms with van der Waals surface area (Å²) in [6, 6.07) is 15.0. The number of rotatable bonds is 3. The van der Waals surface area contributed by atoms with E-state index in [0.29, 0.717) is 29.3 Å². The molecule has 0 aromatic heterocycles. The zero-order valence-corrected chi connectivity index (χ0v) is 20.8. The molecule has 0 amide bonds. The van der Waals surface area contributed by atoms with Gasteiger partial charge in [0.2, 0.25) is 11.6 Å². The Balaban J connectivity index is 1.00. The van der Waals surface area contributed by atoms with Crippen LogP contribution in [0.2, 0.25) is 0 Å². The van der Waals surface area contributed by atoms with Crippen LogP contribution in [0.1, 0.15) is 74.8 Å². The normalized spacial score (nSPS) is 38.5. The van der Waals surface area contributed by atoms with Crippen molar-refractivity contribution in [2.45, 2.75) is 82.2 Å². The maximum atomic E-state index is 12.2. The lowest BCUT2D eigenvalue weighted by atomic mass is 9.53. The fourth-order valence-electron chi connectivity index (χ4n) is 7.89. The summed E-state index contributed by atoms with van der Waals surface area (Å²) in [5.41, 5.74) is 2.30. The molecule has 0 radical (unpaired) electrons. The number of hydrogen-bond donors (Lipinski definition) is 0. The summed E-state index contributed by atoms with van der Waals surface area (Å²) in [5.74, 6) is 2.73. The van der Waals surface area contributed by atoms with Crippen LogP contribution in [0.3, 0.4) is 0 Å². The minimum atomic E-state index is -0.742. The van der Waals surface area contributed by atoms with E-state index in [4.69, 9.17) is 24.0 Å². The van der Waals surface area contributed by atoms with Gasteiger partial charge in [-0.3, -0.25) is 0 Å². The number of aryl methyl sites for hydroxylation is 1. The standard InChI is InChI=1S/C30H34O6/c1-19-4-8-26(9-5-19)32-28(31)33-27-10-6-22(7-11-27)23-3-2-12-29(18-23)34-30(36-35-29)24-14-20-13-21(16-24)17-25(30)15-20/h4-11,20-21,23-25H,2-3,12-18H2,1H3/t20?,21?,23-,24?,25?,29-,30?/m1/s1. The average molecular weight is 491 g/mol. The van der Waals surface area contributed by atoms with Gasteiger partial charge in [-0.15, -0.1) is 0 Å². The van der Waals surface area contributed by atoms with Crippen LogP contribution in [0.4, 0.5) is 4.79 Å². The van der Waals surface area contributed by atoms with Gasteiger partial charge >= 0.3 is 6.16 Å². The van der Waals surface area contributed by atoms with Crippen molar-refractivity contribution in [1.82, 2.24) is 0 Å². The molecule has 6 aliphatic rings. The van der Waals surface area contributed by atoms with Crippen LogP contribution in [-0.4, -0.2) is 17.7 Å². The molecule has 36 heavy (non-hydrogen) atoms. The molecule has 0 N–H and O–H groups in total. The van der Waals surface area contributed by atoms with Crippen LogP contribution >= 0.6 is 0 Å². The van der Waals surface area contributed by atoms with Crippen molar-refractivity contribution in [3.05, 3.63) is 59.7 Å². The summed E-state index contributed by atoms with van der Waals surface area (Å²) in [5, 5.41) is 0. The molecule has 8 rings (SSSR count). The SMILES string of the molecule is Cc1ccc(OC(=O)Oc2ccc([C@@H]3CCC[C@]4(C3)OOC3(O4)C4CC5CC(C4)CC3C5)cc2)cc1. The molecule has 2 aromatic rings. The summed E-state index contributed by atoms with van der Waals surface area (Å²) in [7, 11) is 0. The highest BCUT2D eigenvalue weighted by atomic mass is 17.3. The van der Waals surface area contributed by atoms with Crippen molar-refractivity contribution in [1.29, 1.82) is 0 Å². The van der Waals surface area contributed by atoms with Gasteiger partial charge in [-0.2, -0.15) is 9.78 Å². The molecule has 6 nitrogen and oxygen atoms in total. The summed E-state index contributed by atoms with van der Waals surface area (Å²) in [6.07, 6.45) is 9.34. The van der Waals surface area contributed by atoms with E-state index in [1.165, 1.54) is 37.7 Å². The van der Waals surface area contributed by atoms with Crippen molar-refractivity contribution in [3.63, 3.8) is 0 Å². The van der Waals surface area contributed by atoms with Gasteiger partial charge < -0.3 is 14.2 Å². The van der Waals surface area contributed by atoms with Gasteiger partial charge in [0.15, 0.2) is 0 Å². The predicted octanol–water partition coefficient (Wildman–Crippen LogP) is 7.06. The Labute approximate surface area is 212 Å². The predicted molar refractivity (Wildman–Crippen MR) is 131 cm³/mol. The topological polar surface area (TPSA) is 63.2 Å². The Hall–Kier alpha value is -2.41. The number of carbonyl (C=O) groups is 1. The lowest BCUT2D eigenvalue weighted by molar-refractivity contribution is -0.390. The van der Waals surface area contributed by atoms with Gasteiger partial charge in [0.05, 0.1) is 0 Å². The fourth-order valence-corrected chi connectivity index (χ4v) is 7.89. The van der Waals surface area contributed by atoms with Crippen molar-refractivity contribution >= 4 is 6.16 Å². The number of hydrogen-bond acceptors (Lipinski definition) is 6. The zero-order valence-electron chi connectivity index (χ0n) is 20.8. The van der Waals surface area contributed by atoms with Crippen molar-refractivity contribution in [2.24, 2.45) is 23.7 Å². The van der Waals surface area contributed by atoms with Gasteiger partial charge in [-0.05, 0) is 99.5 Å². The first-order chi connectivity index (χ1) is 17.5. The Morgan fingerprint density at radius 2 is 1.44 bits per heavy atom. The molecule has 2 spiro atoms. The van der Waals surface area contributed by atoms with Gasteiger partial charge in [0, 0.05) is 24.7 Å². The van der Waals surface area contributed by atoms with E-state index in [9.17, 15) is 4.79 Å². The molecule has 4 bridgehead atoms. The number of ether oxygens (including phenoxy) is 3. The summed E-state index contributed by atoms with van der Waals surface area (Å²) < 4.78 is 17.6. The Morgan fingerprint density at radius 3 is 2.08 bits per heavy atom. The number of benzene rings is 2. The van der Waals surface area contributed by atoms with Gasteiger partial charge in [-0.25, -0.2) is 4.79 Å². The average Bonchev–Trinajstić information content (AvgIpc) is 3.23. The third-order valence-electron chi connectivity index (χ3n) is 9.39. The maximum Gasteiger partial charge on any atom is 0.519 e. The molecular weight excluding hydrogens is 456 g/mol. The molecule has 0 unspecified atom stereocenters. The molecular formula is C30H34O6. The minimum Gasteiger partial charge on any atom is -0.395 e. The molecule has 190 valence electrons. The maximum absolute atomic E-state index is 12.2. The van der Waals surface area contributed by atoms with E-state index in [1.54, 1.807) is 12.1 Å². The highest BCUT2D eigenvalue weighted by Crippen LogP contribution is 2.64. The lowest BCUT2D eigenvalue weighted by Crippen LogP contribution is -2.59. The third kappa shape index (κ3) is 3.94. The first-order valence-corrected chi connectivity index (χ1v) is 13.6. The third-order valence-corrected chi connectivity index (χ3v) is 9.39. The van der Waals surface area contributed by atoms with E-state index in [0.717, 1.165) is 43.1 Å². The second-order valence-corrected chi connectivity index (χ2v) is 11.8. The Morgan fingerprint density at radius 1 is 0.833 bits per heavy atom. The largest absolute Gasteiger partial charge is 0.519 e. The molecule has 6 fully saturated rings. The quantitative estimate of drug-likeness (QED) is 0.261. The second-order valence-electron chi connectivity index (χ2n) is 11.8. The number of carbonyl (C=O) groups excluding carboxylic acids is 1. The van der Waals surface area contributed by atoms with Crippen LogP contribution in [0.15, 0.2) is 48.5 Å². The Bertz CT molecular complexity index is 1100. The Kier molecular flexibility index (Phi) is 5.42. The van der Waals surface area contributed by atoms with Crippen LogP contribution in [0.5, 0.6) is 11.5 Å². The molecule has 1 aliphatic heterocycles. The highest BCUT2D eigenvalue weighted by Gasteiger charge is 2.67. The van der Waals surface area contributed by atoms with Crippen LogP contribution in [0.25, 0.3) is 0 Å². The highest BCUT2D eigenvalue weighted by molar-refractivity contribution is 5.67. The van der Waals surface area contributed by atoms with E-state index < -0.39 is 17.7 Å². The molecule has 2 atom stereocenters. The minimum absolute atomic E-state index is 0.308. The molecule has 6 heteroatoms. The molecule has 1 saturated heterocycles. The lowest BCUT2D eigenvalue weighted by Gasteiger charge is -2.57. The smallest absolute Gasteiger partial charge is 0.395 e. The van der Waals surface area contributed by atoms with E-state index in [-0.39, 0.29) is 0 Å². The van der Waals surface area contributed by atoms with Crippen LogP contribution in [0, 0.1) is 30.6 Å². The van der Waals surface area contributed by atoms with Gasteiger partial charge in [0.25, 0.3) is 0 Å². The monoisotopic (exact) mass is 490 g/mol. The van der Waals surface area contributed by atoms with Gasteiger partial charge in [0.1, 0.15) is 11.5 Å². The van der Waals surface area contributed by atoms with E-state index in [2.05, 4.69) is 0 Å². The molecule has 5 saturated carbocycles. The second kappa shape index (κ2) is 8.57. The molecule has 2 aromatic carbocycles. The first-order valence-electron chi connectivity index (χ1n) is 13.6. The van der Waals surface area contributed by atoms with Crippen molar-refractivity contribution < 1.29 is 28.8 Å². The summed E-state index contributed by atoms with van der Waals surface area (Å²) in [6.45, 7) is 1.98. The fraction of sp³-hybridized carbons (Fsp3) is 0.567. The van der Waals surface area contributed by atoms with Crippen LogP contribution < -0.4 is 9.47 Å². The zero-order chi connectivity index (χ0) is 24.3.